The lowest BCUT2D eigenvalue weighted by atomic mass is 9.73. The van der Waals surface area contributed by atoms with Gasteiger partial charge in [-0.25, -0.2) is 4.98 Å². The van der Waals surface area contributed by atoms with Gasteiger partial charge in [-0.3, -0.25) is 9.59 Å². The molecule has 206 valence electrons. The summed E-state index contributed by atoms with van der Waals surface area (Å²) in [6.07, 6.45) is -1.47. The van der Waals surface area contributed by atoms with Gasteiger partial charge in [-0.1, -0.05) is 39.2 Å². The lowest BCUT2D eigenvalue weighted by Crippen LogP contribution is -2.46. The Balaban J connectivity index is 2.41. The fraction of sp³-hybridized carbons (Fsp3) is 0.731. The maximum Gasteiger partial charge on any atom is 0.309 e. The molecule has 1 aliphatic heterocycles. The van der Waals surface area contributed by atoms with Gasteiger partial charge in [0, 0.05) is 22.6 Å². The van der Waals surface area contributed by atoms with Gasteiger partial charge in [0.1, 0.15) is 11.9 Å². The summed E-state index contributed by atoms with van der Waals surface area (Å²) in [5, 5.41) is 39.1. The fourth-order valence-corrected chi connectivity index (χ4v) is 5.28. The van der Waals surface area contributed by atoms with E-state index in [2.05, 4.69) is 15.0 Å². The molecule has 0 spiro atoms. The molecular weight excluding hydrogens is 496 g/mol. The van der Waals surface area contributed by atoms with Gasteiger partial charge in [0.15, 0.2) is 0 Å². The molecule has 1 aromatic heterocycles. The number of azide groups is 1. The van der Waals surface area contributed by atoms with E-state index in [1.807, 2.05) is 19.2 Å². The van der Waals surface area contributed by atoms with E-state index in [0.29, 0.717) is 30.5 Å². The van der Waals surface area contributed by atoms with Crippen molar-refractivity contribution in [2.24, 2.45) is 22.4 Å². The summed E-state index contributed by atoms with van der Waals surface area (Å²) in [4.78, 5) is 33.4. The van der Waals surface area contributed by atoms with E-state index in [0.717, 1.165) is 5.01 Å². The topological polar surface area (TPSA) is 166 Å². The van der Waals surface area contributed by atoms with Gasteiger partial charge in [-0.15, -0.1) is 11.3 Å². The summed E-state index contributed by atoms with van der Waals surface area (Å²) in [7, 11) is 0. The van der Waals surface area contributed by atoms with Crippen LogP contribution in [-0.2, 0) is 14.3 Å². The molecule has 1 fully saturated rings. The molecule has 0 bridgehead atoms. The smallest absolute Gasteiger partial charge is 0.309 e. The molecular formula is C26H40N4O6S. The summed E-state index contributed by atoms with van der Waals surface area (Å²) in [6.45, 7) is 10.2. The van der Waals surface area contributed by atoms with Gasteiger partial charge in [0.05, 0.1) is 46.9 Å². The SMILES string of the molecule is C/C(=C\c1csc(C)n1)[C@@H]1CC(O)[C@H](N=[N+]=[N-])CCC[C@H](C)[C@H](O)[C@@H](C)C(=O)C(C)(C)[C@@H](O)CC(=O)O1. The van der Waals surface area contributed by atoms with Crippen molar-refractivity contribution in [1.82, 2.24) is 4.98 Å². The van der Waals surface area contributed by atoms with Crippen molar-refractivity contribution in [3.8, 4) is 0 Å². The van der Waals surface area contributed by atoms with Gasteiger partial charge in [0.25, 0.3) is 0 Å². The summed E-state index contributed by atoms with van der Waals surface area (Å²) in [5.41, 5.74) is 9.10. The second-order valence-corrected chi connectivity index (χ2v) is 11.8. The van der Waals surface area contributed by atoms with Crippen LogP contribution >= 0.6 is 11.3 Å². The predicted octanol–water partition coefficient (Wildman–Crippen LogP) is 4.36. The number of hydrogen-bond donors (Lipinski definition) is 3. The van der Waals surface area contributed by atoms with Crippen molar-refractivity contribution in [2.45, 2.75) is 104 Å². The van der Waals surface area contributed by atoms with E-state index in [1.165, 1.54) is 11.3 Å². The molecule has 11 heteroatoms. The van der Waals surface area contributed by atoms with Crippen LogP contribution in [0.3, 0.4) is 0 Å². The predicted molar refractivity (Wildman–Crippen MR) is 142 cm³/mol. The maximum atomic E-state index is 13.2. The van der Waals surface area contributed by atoms with Crippen molar-refractivity contribution in [2.75, 3.05) is 0 Å². The summed E-state index contributed by atoms with van der Waals surface area (Å²) in [6, 6.07) is -0.763. The number of carbonyl (C=O) groups is 2. The number of esters is 1. The number of cyclic esters (lactones) is 1. The minimum atomic E-state index is -1.34. The number of rotatable bonds is 3. The number of aliphatic hydroxyl groups excluding tert-OH is 3. The number of carbonyl (C=O) groups excluding carboxylic acids is 2. The van der Waals surface area contributed by atoms with Gasteiger partial charge in [-0.05, 0) is 49.8 Å². The summed E-state index contributed by atoms with van der Waals surface area (Å²) >= 11 is 1.48. The zero-order valence-corrected chi connectivity index (χ0v) is 23.3. The zero-order valence-electron chi connectivity index (χ0n) is 22.5. The second kappa shape index (κ2) is 13.5. The second-order valence-electron chi connectivity index (χ2n) is 10.7. The Bertz CT molecular complexity index is 1020. The molecule has 37 heavy (non-hydrogen) atoms. The quantitative estimate of drug-likeness (QED) is 0.223. The third kappa shape index (κ3) is 8.35. The molecule has 1 aromatic rings. The largest absolute Gasteiger partial charge is 0.458 e. The van der Waals surface area contributed by atoms with E-state index in [1.54, 1.807) is 33.8 Å². The lowest BCUT2D eigenvalue weighted by molar-refractivity contribution is -0.155. The Kier molecular flexibility index (Phi) is 11.3. The lowest BCUT2D eigenvalue weighted by Gasteiger charge is -2.35. The minimum absolute atomic E-state index is 0.0193. The van der Waals surface area contributed by atoms with Crippen molar-refractivity contribution in [1.29, 1.82) is 0 Å². The van der Waals surface area contributed by atoms with Crippen LogP contribution in [0.1, 0.15) is 77.4 Å². The maximum absolute atomic E-state index is 13.2. The number of aliphatic hydroxyl groups is 3. The highest BCUT2D eigenvalue weighted by Crippen LogP contribution is 2.33. The first-order valence-electron chi connectivity index (χ1n) is 12.7. The highest BCUT2D eigenvalue weighted by molar-refractivity contribution is 7.09. The normalized spacial score (nSPS) is 32.9. The van der Waals surface area contributed by atoms with Crippen molar-refractivity contribution in [3.05, 3.63) is 32.1 Å². The van der Waals surface area contributed by atoms with Crippen LogP contribution in [0.15, 0.2) is 16.1 Å². The molecule has 0 radical (unpaired) electrons. The molecule has 2 heterocycles. The minimum Gasteiger partial charge on any atom is -0.458 e. The van der Waals surface area contributed by atoms with Crippen LogP contribution in [0.5, 0.6) is 0 Å². The molecule has 1 saturated heterocycles. The van der Waals surface area contributed by atoms with Crippen molar-refractivity contribution in [3.63, 3.8) is 0 Å². The highest BCUT2D eigenvalue weighted by atomic mass is 32.1. The van der Waals surface area contributed by atoms with Crippen LogP contribution in [0.25, 0.3) is 16.5 Å². The van der Waals surface area contributed by atoms with Gasteiger partial charge < -0.3 is 20.1 Å². The number of nitrogens with zero attached hydrogens (tertiary/aromatic N) is 4. The number of ether oxygens (including phenoxy) is 1. The average molecular weight is 537 g/mol. The van der Waals surface area contributed by atoms with E-state index >= 15 is 0 Å². The van der Waals surface area contributed by atoms with Gasteiger partial charge in [-0.2, -0.15) is 0 Å². The Morgan fingerprint density at radius 3 is 2.54 bits per heavy atom. The van der Waals surface area contributed by atoms with E-state index in [9.17, 15) is 24.9 Å². The average Bonchev–Trinajstić information content (AvgIpc) is 3.24. The Morgan fingerprint density at radius 1 is 1.27 bits per heavy atom. The van der Waals surface area contributed by atoms with Crippen molar-refractivity contribution < 1.29 is 29.6 Å². The van der Waals surface area contributed by atoms with Gasteiger partial charge >= 0.3 is 5.97 Å². The molecule has 7 atom stereocenters. The first-order valence-corrected chi connectivity index (χ1v) is 13.6. The molecule has 1 unspecified atom stereocenters. The van der Waals surface area contributed by atoms with E-state index in [-0.39, 0.29) is 18.1 Å². The van der Waals surface area contributed by atoms with Crippen LogP contribution in [0.2, 0.25) is 0 Å². The highest BCUT2D eigenvalue weighted by Gasteiger charge is 2.42. The van der Waals surface area contributed by atoms with Crippen molar-refractivity contribution >= 4 is 29.2 Å². The first-order chi connectivity index (χ1) is 17.3. The standard InChI is InChI=1S/C26H40N4O6S/c1-14-8-7-9-19(29-30-27)20(31)11-21(15(2)10-18-13-37-17(4)28-18)36-23(33)12-22(32)26(5,6)25(35)16(3)24(14)34/h10,13-14,16,19-22,24,31-32,34H,7-9,11-12H2,1-6H3/b15-10+/t14-,16+,19+,20?,21-,22-,24-/m0/s1. The molecule has 0 saturated carbocycles. The Morgan fingerprint density at radius 2 is 1.95 bits per heavy atom. The van der Waals surface area contributed by atoms with Crippen LogP contribution in [0, 0.1) is 24.2 Å². The third-order valence-electron chi connectivity index (χ3n) is 7.39. The van der Waals surface area contributed by atoms with Crippen LogP contribution < -0.4 is 0 Å². The Hall–Kier alpha value is -2.30. The number of thiazole rings is 1. The summed E-state index contributed by atoms with van der Waals surface area (Å²) in [5.74, 6) is -2.08. The van der Waals surface area contributed by atoms with Crippen LogP contribution in [0.4, 0.5) is 0 Å². The monoisotopic (exact) mass is 536 g/mol. The molecule has 1 aliphatic rings. The molecule has 10 nitrogen and oxygen atoms in total. The first kappa shape index (κ1) is 30.9. The van der Waals surface area contributed by atoms with E-state index < -0.39 is 54.2 Å². The summed E-state index contributed by atoms with van der Waals surface area (Å²) < 4.78 is 5.71. The number of aromatic nitrogens is 1. The molecule has 0 aromatic carbocycles. The zero-order chi connectivity index (χ0) is 27.9. The van der Waals surface area contributed by atoms with Crippen LogP contribution in [-0.4, -0.2) is 62.5 Å². The van der Waals surface area contributed by atoms with Gasteiger partial charge in [0.2, 0.25) is 0 Å². The molecule has 0 aliphatic carbocycles. The number of Topliss-reactive ketones (excluding diaryl/α,β-unsaturated/α-hetero) is 1. The molecule has 3 N–H and O–H groups in total. The van der Waals surface area contributed by atoms with E-state index in [4.69, 9.17) is 10.3 Å². The third-order valence-corrected chi connectivity index (χ3v) is 8.18. The fourth-order valence-electron chi connectivity index (χ4n) is 4.71. The number of ketones is 1. The Labute approximate surface area is 222 Å². The number of aryl methyl sites for hydroxylation is 1. The number of hydrogen-bond acceptors (Lipinski definition) is 9. The molecule has 0 amide bonds. The molecule has 2 rings (SSSR count).